The molecule has 1 unspecified atom stereocenters. The number of rotatable bonds is 3. The van der Waals surface area contributed by atoms with Gasteiger partial charge in [0, 0.05) is 12.5 Å². The first-order valence-corrected chi connectivity index (χ1v) is 11.1. The van der Waals surface area contributed by atoms with E-state index in [9.17, 15) is 9.46 Å². The summed E-state index contributed by atoms with van der Waals surface area (Å²) in [7, 11) is -4.02. The van der Waals surface area contributed by atoms with Crippen LogP contribution < -0.4 is 11.1 Å². The third kappa shape index (κ3) is 3.27. The van der Waals surface area contributed by atoms with E-state index in [0.29, 0.717) is 35.4 Å². The highest BCUT2D eigenvalue weighted by Gasteiger charge is 2.47. The minimum Gasteiger partial charge on any atom is -0.382 e. The number of nitrogens with two attached hydrogens (primary N) is 1. The molecular weight excluding hydrogens is 387 g/mol. The highest BCUT2D eigenvalue weighted by atomic mass is 31.2. The molecule has 0 aromatic carbocycles. The molecule has 2 saturated heterocycles. The Balaban J connectivity index is 1.49. The molecular formula is C16H23N6O5P. The van der Waals surface area contributed by atoms with Gasteiger partial charge < -0.3 is 20.7 Å². The Morgan fingerprint density at radius 2 is 2.07 bits per heavy atom. The highest BCUT2D eigenvalue weighted by Crippen LogP contribution is 2.52. The number of fused-ring (bicyclic) bond motifs is 2. The van der Waals surface area contributed by atoms with Crippen molar-refractivity contribution in [3.8, 4) is 0 Å². The van der Waals surface area contributed by atoms with Crippen LogP contribution in [0.15, 0.2) is 6.33 Å². The van der Waals surface area contributed by atoms with Gasteiger partial charge >= 0.3 is 7.82 Å². The predicted molar refractivity (Wildman–Crippen MR) is 99.4 cm³/mol. The van der Waals surface area contributed by atoms with E-state index in [0.717, 1.165) is 12.8 Å². The molecule has 4 atom stereocenters. The van der Waals surface area contributed by atoms with Gasteiger partial charge in [-0.2, -0.15) is 0 Å². The quantitative estimate of drug-likeness (QED) is 0.642. The molecule has 3 fully saturated rings. The summed E-state index contributed by atoms with van der Waals surface area (Å²) in [5.74, 6) is 0.913. The Bertz CT molecular complexity index is 932. The minimum absolute atomic E-state index is 0.00405. The first kappa shape index (κ1) is 18.3. The summed E-state index contributed by atoms with van der Waals surface area (Å²) in [6.45, 7) is 0.00405. The summed E-state index contributed by atoms with van der Waals surface area (Å²) in [5, 5.41) is 3.51. The molecule has 28 heavy (non-hydrogen) atoms. The van der Waals surface area contributed by atoms with Crippen molar-refractivity contribution < 1.29 is 23.2 Å². The van der Waals surface area contributed by atoms with Gasteiger partial charge in [0.15, 0.2) is 17.0 Å². The van der Waals surface area contributed by atoms with E-state index in [-0.39, 0.29) is 6.61 Å². The zero-order valence-corrected chi connectivity index (χ0v) is 16.1. The molecule has 1 saturated carbocycles. The summed E-state index contributed by atoms with van der Waals surface area (Å²) < 4.78 is 29.8. The first-order valence-electron chi connectivity index (χ1n) is 9.56. The Labute approximate surface area is 161 Å². The molecule has 2 aliphatic heterocycles. The van der Waals surface area contributed by atoms with Crippen LogP contribution in [0, 0.1) is 0 Å². The lowest BCUT2D eigenvalue weighted by atomic mass is 9.96. The van der Waals surface area contributed by atoms with Crippen molar-refractivity contribution in [2.75, 3.05) is 17.7 Å². The molecule has 0 spiro atoms. The fourth-order valence-electron chi connectivity index (χ4n) is 4.22. The number of hydrogen-bond donors (Lipinski definition) is 3. The lowest BCUT2D eigenvalue weighted by Gasteiger charge is -2.26. The third-order valence-corrected chi connectivity index (χ3v) is 6.60. The maximum absolute atomic E-state index is 11.7. The van der Waals surface area contributed by atoms with E-state index >= 15 is 0 Å². The molecule has 0 amide bonds. The van der Waals surface area contributed by atoms with Gasteiger partial charge in [0.1, 0.15) is 24.8 Å². The maximum Gasteiger partial charge on any atom is 0.472 e. The largest absolute Gasteiger partial charge is 0.472 e. The SMILES string of the molecule is Nc1ncnc2c1nc(NC1CCCCC1)n2[C@H]1C[C@@H]2OP(=O)(O)OC[C@H]2O1. The van der Waals surface area contributed by atoms with E-state index in [2.05, 4.69) is 20.3 Å². The Morgan fingerprint density at radius 3 is 2.89 bits per heavy atom. The van der Waals surface area contributed by atoms with Gasteiger partial charge in [-0.3, -0.25) is 13.6 Å². The lowest BCUT2D eigenvalue weighted by molar-refractivity contribution is -0.0657. The average Bonchev–Trinajstić information content (AvgIpc) is 3.23. The van der Waals surface area contributed by atoms with Crippen molar-refractivity contribution in [2.45, 2.75) is 63.0 Å². The van der Waals surface area contributed by atoms with Crippen molar-refractivity contribution in [1.82, 2.24) is 19.5 Å². The van der Waals surface area contributed by atoms with Crippen LogP contribution in [-0.2, 0) is 18.3 Å². The summed E-state index contributed by atoms with van der Waals surface area (Å²) in [6, 6.07) is 0.319. The molecule has 1 aliphatic carbocycles. The van der Waals surface area contributed by atoms with Crippen molar-refractivity contribution in [3.05, 3.63) is 6.33 Å². The number of aromatic nitrogens is 4. The second-order valence-electron chi connectivity index (χ2n) is 7.49. The van der Waals surface area contributed by atoms with Crippen molar-refractivity contribution >= 4 is 30.8 Å². The van der Waals surface area contributed by atoms with Gasteiger partial charge in [0.2, 0.25) is 5.95 Å². The van der Waals surface area contributed by atoms with Crippen LogP contribution in [-0.4, -0.2) is 49.3 Å². The first-order chi connectivity index (χ1) is 13.5. The number of nitrogens with one attached hydrogen (secondary N) is 1. The summed E-state index contributed by atoms with van der Waals surface area (Å²) >= 11 is 0. The lowest BCUT2D eigenvalue weighted by Crippen LogP contribution is -2.32. The Morgan fingerprint density at radius 1 is 1.25 bits per heavy atom. The topological polar surface area (TPSA) is 147 Å². The van der Waals surface area contributed by atoms with Gasteiger partial charge in [-0.05, 0) is 12.8 Å². The number of phosphoric acid groups is 1. The third-order valence-electron chi connectivity index (χ3n) is 5.58. The van der Waals surface area contributed by atoms with Crippen LogP contribution in [0.3, 0.4) is 0 Å². The number of nitrogen functional groups attached to an aromatic ring is 1. The smallest absolute Gasteiger partial charge is 0.382 e. The van der Waals surface area contributed by atoms with Crippen LogP contribution in [0.25, 0.3) is 11.2 Å². The number of ether oxygens (including phenoxy) is 1. The zero-order chi connectivity index (χ0) is 19.3. The predicted octanol–water partition coefficient (Wildman–Crippen LogP) is 1.96. The minimum atomic E-state index is -4.02. The second-order valence-corrected chi connectivity index (χ2v) is 8.90. The van der Waals surface area contributed by atoms with Crippen LogP contribution in [0.5, 0.6) is 0 Å². The molecule has 2 aromatic rings. The van der Waals surface area contributed by atoms with Crippen molar-refractivity contribution in [1.29, 1.82) is 0 Å². The summed E-state index contributed by atoms with van der Waals surface area (Å²) in [4.78, 5) is 22.6. The van der Waals surface area contributed by atoms with Gasteiger partial charge in [-0.1, -0.05) is 19.3 Å². The number of hydrogen-bond acceptors (Lipinski definition) is 9. The number of imidazole rings is 1. The zero-order valence-electron chi connectivity index (χ0n) is 15.2. The molecule has 0 radical (unpaired) electrons. The summed E-state index contributed by atoms with van der Waals surface area (Å²) in [6.07, 6.45) is 6.10. The molecule has 4 N–H and O–H groups in total. The van der Waals surface area contributed by atoms with E-state index in [4.69, 9.17) is 19.5 Å². The Kier molecular flexibility index (Phi) is 4.52. The van der Waals surface area contributed by atoms with Gasteiger partial charge in [0.05, 0.1) is 6.61 Å². The average molecular weight is 410 g/mol. The van der Waals surface area contributed by atoms with E-state index in [1.165, 1.54) is 25.6 Å². The van der Waals surface area contributed by atoms with Crippen LogP contribution in [0.4, 0.5) is 11.8 Å². The normalized spacial score (nSPS) is 33.8. The highest BCUT2D eigenvalue weighted by molar-refractivity contribution is 7.47. The molecule has 11 nitrogen and oxygen atoms in total. The molecule has 12 heteroatoms. The molecule has 3 aliphatic rings. The van der Waals surface area contributed by atoms with Crippen LogP contribution in [0.1, 0.15) is 44.8 Å². The van der Waals surface area contributed by atoms with E-state index in [1.54, 1.807) is 0 Å². The van der Waals surface area contributed by atoms with Crippen LogP contribution in [0.2, 0.25) is 0 Å². The van der Waals surface area contributed by atoms with E-state index in [1.807, 2.05) is 4.57 Å². The molecule has 152 valence electrons. The van der Waals surface area contributed by atoms with E-state index < -0.39 is 26.3 Å². The van der Waals surface area contributed by atoms with Crippen molar-refractivity contribution in [3.63, 3.8) is 0 Å². The Hall–Kier alpha value is -1.78. The van der Waals surface area contributed by atoms with Crippen LogP contribution >= 0.6 is 7.82 Å². The number of nitrogens with zero attached hydrogens (tertiary/aromatic N) is 4. The molecule has 5 rings (SSSR count). The molecule has 0 bridgehead atoms. The fourth-order valence-corrected chi connectivity index (χ4v) is 5.18. The molecule has 2 aromatic heterocycles. The standard InChI is InChI=1S/C16H23N6O5P/c17-14-13-15(19-8-18-14)22(16(21-13)20-9-4-2-1-3-5-9)12-6-10-11(26-12)7-25-28(23,24)27-10/h8-12H,1-7H2,(H,20,21)(H,23,24)(H2,17,18,19)/t10-,11+,12+/m0/s1. The van der Waals surface area contributed by atoms with Gasteiger partial charge in [-0.15, -0.1) is 0 Å². The van der Waals surface area contributed by atoms with Crippen molar-refractivity contribution in [2.24, 2.45) is 0 Å². The monoisotopic (exact) mass is 410 g/mol. The summed E-state index contributed by atoms with van der Waals surface area (Å²) in [5.41, 5.74) is 7.07. The number of anilines is 2. The van der Waals surface area contributed by atoms with Gasteiger partial charge in [0.25, 0.3) is 0 Å². The maximum atomic E-state index is 11.7. The second kappa shape index (κ2) is 6.93. The molecule has 4 heterocycles. The fraction of sp³-hybridized carbons (Fsp3) is 0.688. The van der Waals surface area contributed by atoms with Gasteiger partial charge in [-0.25, -0.2) is 19.5 Å². The number of phosphoric ester groups is 1.